The van der Waals surface area contributed by atoms with Gasteiger partial charge in [-0.3, -0.25) is 4.79 Å². The number of aromatic nitrogens is 2. The molecule has 1 amide bonds. The molecule has 1 unspecified atom stereocenters. The SMILES string of the molecule is Cc1ccsc1CN(C(=O)C(C)n1ccnc1)C1CC1. The zero-order valence-corrected chi connectivity index (χ0v) is 12.6. The van der Waals surface area contributed by atoms with E-state index in [9.17, 15) is 4.79 Å². The molecule has 2 aromatic rings. The maximum absolute atomic E-state index is 12.7. The molecule has 0 spiro atoms. The van der Waals surface area contributed by atoms with Crippen molar-refractivity contribution in [3.05, 3.63) is 40.6 Å². The number of carbonyl (C=O) groups excluding carboxylic acids is 1. The first-order valence-corrected chi connectivity index (χ1v) is 7.85. The second-order valence-electron chi connectivity index (χ2n) is 5.41. The molecular formula is C15H19N3OS. The molecule has 0 N–H and O–H groups in total. The van der Waals surface area contributed by atoms with Gasteiger partial charge in [0.25, 0.3) is 0 Å². The fraction of sp³-hybridized carbons (Fsp3) is 0.467. The highest BCUT2D eigenvalue weighted by atomic mass is 32.1. The lowest BCUT2D eigenvalue weighted by Crippen LogP contribution is -2.37. The van der Waals surface area contributed by atoms with Crippen molar-refractivity contribution in [1.29, 1.82) is 0 Å². The average Bonchev–Trinajstić information content (AvgIpc) is 2.98. The molecule has 2 heterocycles. The van der Waals surface area contributed by atoms with Crippen LogP contribution < -0.4 is 0 Å². The highest BCUT2D eigenvalue weighted by Crippen LogP contribution is 2.32. The number of amides is 1. The standard InChI is InChI=1S/C15H19N3OS/c1-11-5-8-20-14(11)9-18(13-3-4-13)15(19)12(2)17-7-6-16-10-17/h5-8,10,12-13H,3-4,9H2,1-2H3. The van der Waals surface area contributed by atoms with Gasteiger partial charge in [-0.05, 0) is 43.7 Å². The van der Waals surface area contributed by atoms with Crippen molar-refractivity contribution in [2.75, 3.05) is 0 Å². The Labute approximate surface area is 123 Å². The highest BCUT2D eigenvalue weighted by Gasteiger charge is 2.35. The van der Waals surface area contributed by atoms with Crippen molar-refractivity contribution in [2.24, 2.45) is 0 Å². The summed E-state index contributed by atoms with van der Waals surface area (Å²) in [4.78, 5) is 20.1. The van der Waals surface area contributed by atoms with Gasteiger partial charge in [-0.1, -0.05) is 0 Å². The molecule has 1 aliphatic rings. The van der Waals surface area contributed by atoms with Gasteiger partial charge in [0.05, 0.1) is 12.9 Å². The number of hydrogen-bond acceptors (Lipinski definition) is 3. The summed E-state index contributed by atoms with van der Waals surface area (Å²) in [6, 6.07) is 2.36. The highest BCUT2D eigenvalue weighted by molar-refractivity contribution is 7.10. The van der Waals surface area contributed by atoms with Gasteiger partial charge in [0.1, 0.15) is 6.04 Å². The number of hydrogen-bond donors (Lipinski definition) is 0. The largest absolute Gasteiger partial charge is 0.333 e. The smallest absolute Gasteiger partial charge is 0.245 e. The Kier molecular flexibility index (Phi) is 3.61. The number of imidazole rings is 1. The number of aryl methyl sites for hydroxylation is 1. The average molecular weight is 289 g/mol. The van der Waals surface area contributed by atoms with Crippen LogP contribution in [0.5, 0.6) is 0 Å². The van der Waals surface area contributed by atoms with Crippen LogP contribution in [0.1, 0.15) is 36.2 Å². The van der Waals surface area contributed by atoms with Gasteiger partial charge >= 0.3 is 0 Å². The number of thiophene rings is 1. The van der Waals surface area contributed by atoms with E-state index in [1.807, 2.05) is 22.6 Å². The minimum atomic E-state index is -0.182. The summed E-state index contributed by atoms with van der Waals surface area (Å²) in [5.74, 6) is 0.193. The predicted octanol–water partition coefficient (Wildman–Crippen LogP) is 3.01. The van der Waals surface area contributed by atoms with Crippen LogP contribution in [0.2, 0.25) is 0 Å². The molecule has 3 rings (SSSR count). The molecule has 0 aliphatic heterocycles. The van der Waals surface area contributed by atoms with E-state index in [0.29, 0.717) is 6.04 Å². The molecule has 1 atom stereocenters. The monoisotopic (exact) mass is 289 g/mol. The number of nitrogens with zero attached hydrogens (tertiary/aromatic N) is 3. The van der Waals surface area contributed by atoms with Crippen LogP contribution in [0.15, 0.2) is 30.2 Å². The summed E-state index contributed by atoms with van der Waals surface area (Å²) in [5, 5.41) is 2.10. The van der Waals surface area contributed by atoms with Crippen LogP contribution in [0.4, 0.5) is 0 Å². The van der Waals surface area contributed by atoms with Crippen molar-refractivity contribution >= 4 is 17.2 Å². The molecule has 2 aromatic heterocycles. The summed E-state index contributed by atoms with van der Waals surface area (Å²) < 4.78 is 1.87. The van der Waals surface area contributed by atoms with Crippen LogP contribution in [0.3, 0.4) is 0 Å². The molecule has 1 fully saturated rings. The van der Waals surface area contributed by atoms with Crippen molar-refractivity contribution in [3.8, 4) is 0 Å². The molecular weight excluding hydrogens is 270 g/mol. The van der Waals surface area contributed by atoms with Gasteiger partial charge in [0.2, 0.25) is 5.91 Å². The Morgan fingerprint density at radius 1 is 1.60 bits per heavy atom. The lowest BCUT2D eigenvalue weighted by Gasteiger charge is -2.26. The normalized spacial score (nSPS) is 16.1. The van der Waals surface area contributed by atoms with Gasteiger partial charge < -0.3 is 9.47 Å². The number of carbonyl (C=O) groups is 1. The molecule has 20 heavy (non-hydrogen) atoms. The molecule has 4 nitrogen and oxygen atoms in total. The zero-order chi connectivity index (χ0) is 14.1. The van der Waals surface area contributed by atoms with Crippen molar-refractivity contribution in [3.63, 3.8) is 0 Å². The molecule has 0 saturated heterocycles. The van der Waals surface area contributed by atoms with E-state index in [-0.39, 0.29) is 11.9 Å². The molecule has 0 bridgehead atoms. The Morgan fingerprint density at radius 3 is 2.95 bits per heavy atom. The molecule has 1 saturated carbocycles. The Morgan fingerprint density at radius 2 is 2.40 bits per heavy atom. The predicted molar refractivity (Wildman–Crippen MR) is 79.6 cm³/mol. The third-order valence-corrected chi connectivity index (χ3v) is 4.89. The van der Waals surface area contributed by atoms with Crippen LogP contribution in [-0.2, 0) is 11.3 Å². The lowest BCUT2D eigenvalue weighted by molar-refractivity contribution is -0.135. The maximum Gasteiger partial charge on any atom is 0.245 e. The Hall–Kier alpha value is -1.62. The topological polar surface area (TPSA) is 38.1 Å². The minimum absolute atomic E-state index is 0.182. The second-order valence-corrected chi connectivity index (χ2v) is 6.41. The van der Waals surface area contributed by atoms with E-state index >= 15 is 0 Å². The van der Waals surface area contributed by atoms with Gasteiger partial charge in [0.15, 0.2) is 0 Å². The summed E-state index contributed by atoms with van der Waals surface area (Å²) in [5.41, 5.74) is 1.28. The summed E-state index contributed by atoms with van der Waals surface area (Å²) in [6.07, 6.45) is 7.54. The Balaban J connectivity index is 1.77. The molecule has 106 valence electrons. The fourth-order valence-electron chi connectivity index (χ4n) is 2.36. The first kappa shape index (κ1) is 13.4. The van der Waals surface area contributed by atoms with Crippen molar-refractivity contribution in [1.82, 2.24) is 14.5 Å². The van der Waals surface area contributed by atoms with Gasteiger partial charge in [-0.2, -0.15) is 0 Å². The molecule has 0 aromatic carbocycles. The third-order valence-electron chi connectivity index (χ3n) is 3.88. The van der Waals surface area contributed by atoms with Crippen LogP contribution in [-0.4, -0.2) is 26.4 Å². The van der Waals surface area contributed by atoms with E-state index in [2.05, 4.69) is 23.4 Å². The lowest BCUT2D eigenvalue weighted by atomic mass is 10.2. The third kappa shape index (κ3) is 2.63. The van der Waals surface area contributed by atoms with Gasteiger partial charge in [0, 0.05) is 23.3 Å². The summed E-state index contributed by atoms with van der Waals surface area (Å²) in [6.45, 7) is 4.80. The van der Waals surface area contributed by atoms with Crippen molar-refractivity contribution in [2.45, 2.75) is 45.3 Å². The molecule has 1 aliphatic carbocycles. The Bertz CT molecular complexity index is 586. The van der Waals surface area contributed by atoms with Gasteiger partial charge in [-0.15, -0.1) is 11.3 Å². The second kappa shape index (κ2) is 5.40. The van der Waals surface area contributed by atoms with Gasteiger partial charge in [-0.25, -0.2) is 4.98 Å². The quantitative estimate of drug-likeness (QED) is 0.848. The van der Waals surface area contributed by atoms with Crippen LogP contribution in [0.25, 0.3) is 0 Å². The van der Waals surface area contributed by atoms with E-state index in [0.717, 1.165) is 19.4 Å². The molecule has 5 heteroatoms. The molecule has 0 radical (unpaired) electrons. The maximum atomic E-state index is 12.7. The first-order valence-electron chi connectivity index (χ1n) is 6.97. The van der Waals surface area contributed by atoms with Crippen molar-refractivity contribution < 1.29 is 4.79 Å². The van der Waals surface area contributed by atoms with E-state index in [4.69, 9.17) is 0 Å². The first-order chi connectivity index (χ1) is 9.66. The fourth-order valence-corrected chi connectivity index (χ4v) is 3.26. The van der Waals surface area contributed by atoms with Crippen LogP contribution in [0, 0.1) is 6.92 Å². The zero-order valence-electron chi connectivity index (χ0n) is 11.8. The summed E-state index contributed by atoms with van der Waals surface area (Å²) in [7, 11) is 0. The van der Waals surface area contributed by atoms with Crippen LogP contribution >= 0.6 is 11.3 Å². The van der Waals surface area contributed by atoms with E-state index in [1.54, 1.807) is 23.9 Å². The van der Waals surface area contributed by atoms with E-state index < -0.39 is 0 Å². The number of rotatable bonds is 5. The summed E-state index contributed by atoms with van der Waals surface area (Å²) >= 11 is 1.74. The minimum Gasteiger partial charge on any atom is -0.333 e. The van der Waals surface area contributed by atoms with E-state index in [1.165, 1.54) is 10.4 Å².